The number of aromatic nitrogens is 4. The normalized spacial score (nSPS) is 23.1. The van der Waals surface area contributed by atoms with E-state index < -0.39 is 10.8 Å². The maximum absolute atomic E-state index is 11.5. The van der Waals surface area contributed by atoms with Crippen LogP contribution in [-0.2, 0) is 16.7 Å². The molecule has 0 radical (unpaired) electrons. The molecule has 0 unspecified atom stereocenters. The lowest BCUT2D eigenvalue weighted by molar-refractivity contribution is 0.401. The van der Waals surface area contributed by atoms with Gasteiger partial charge in [0.25, 0.3) is 0 Å². The van der Waals surface area contributed by atoms with Crippen molar-refractivity contribution in [2.24, 2.45) is 0 Å². The number of halogens is 1. The third kappa shape index (κ3) is 2.29. The Kier molecular flexibility index (Phi) is 3.89. The van der Waals surface area contributed by atoms with E-state index in [2.05, 4.69) is 19.5 Å². The second-order valence-electron chi connectivity index (χ2n) is 4.67. The third-order valence-electron chi connectivity index (χ3n) is 3.55. The molecule has 0 atom stereocenters. The van der Waals surface area contributed by atoms with Crippen molar-refractivity contribution in [3.05, 3.63) is 12.2 Å². The van der Waals surface area contributed by atoms with Crippen molar-refractivity contribution in [1.82, 2.24) is 19.5 Å². The molecule has 1 aliphatic heterocycles. The Bertz CT molecular complexity index is 650. The van der Waals surface area contributed by atoms with Crippen LogP contribution in [0.3, 0.4) is 0 Å². The zero-order valence-corrected chi connectivity index (χ0v) is 12.7. The molecule has 0 saturated carbocycles. The summed E-state index contributed by atoms with van der Waals surface area (Å²) in [6.07, 6.45) is 3.18. The molecule has 0 bridgehead atoms. The molecule has 0 amide bonds. The summed E-state index contributed by atoms with van der Waals surface area (Å²) in [5, 5.41) is 0. The van der Waals surface area contributed by atoms with Crippen molar-refractivity contribution in [2.75, 3.05) is 18.6 Å². The zero-order valence-electron chi connectivity index (χ0n) is 11.1. The summed E-state index contributed by atoms with van der Waals surface area (Å²) >= 11 is 6.01. The second kappa shape index (κ2) is 5.65. The number of hydrogen-bond donors (Lipinski definition) is 0. The highest BCUT2D eigenvalue weighted by Gasteiger charge is 2.25. The van der Waals surface area contributed by atoms with E-state index in [1.807, 2.05) is 0 Å². The van der Waals surface area contributed by atoms with E-state index >= 15 is 0 Å². The fraction of sp³-hybridized carbons (Fsp3) is 0.583. The van der Waals surface area contributed by atoms with Crippen LogP contribution in [0, 0.1) is 0 Å². The Morgan fingerprint density at radius 3 is 2.85 bits per heavy atom. The van der Waals surface area contributed by atoms with Crippen LogP contribution in [0.25, 0.3) is 11.2 Å². The number of rotatable bonds is 3. The molecule has 0 spiro atoms. The summed E-state index contributed by atoms with van der Waals surface area (Å²) in [6.45, 7) is 0. The van der Waals surface area contributed by atoms with Gasteiger partial charge in [-0.3, -0.25) is 4.21 Å². The fourth-order valence-corrected chi connectivity index (χ4v) is 4.06. The highest BCUT2D eigenvalue weighted by Crippen LogP contribution is 2.30. The molecule has 2 aromatic rings. The molecule has 0 aliphatic carbocycles. The number of nitrogens with zero attached hydrogens (tertiary/aromatic N) is 4. The number of fused-ring (bicyclic) bond motifs is 1. The van der Waals surface area contributed by atoms with Crippen molar-refractivity contribution < 1.29 is 8.95 Å². The summed E-state index contributed by atoms with van der Waals surface area (Å²) in [6, 6.07) is 0.242. The van der Waals surface area contributed by atoms with Crippen LogP contribution in [0.4, 0.5) is 0 Å². The van der Waals surface area contributed by atoms with Gasteiger partial charge >= 0.3 is 0 Å². The van der Waals surface area contributed by atoms with Crippen molar-refractivity contribution in [3.8, 4) is 5.88 Å². The second-order valence-corrected chi connectivity index (χ2v) is 6.63. The Labute approximate surface area is 124 Å². The predicted octanol–water partition coefficient (Wildman–Crippen LogP) is 1.66. The minimum Gasteiger partial charge on any atom is -0.479 e. The van der Waals surface area contributed by atoms with E-state index in [0.29, 0.717) is 28.8 Å². The number of methoxy groups -OCH3 is 1. The molecule has 8 heteroatoms. The van der Waals surface area contributed by atoms with E-state index in [0.717, 1.165) is 24.3 Å². The average Bonchev–Trinajstić information content (AvgIpc) is 2.86. The first-order chi connectivity index (χ1) is 9.74. The van der Waals surface area contributed by atoms with Gasteiger partial charge in [-0.25, -0.2) is 9.97 Å². The lowest BCUT2D eigenvalue weighted by atomic mass is 10.1. The highest BCUT2D eigenvalue weighted by atomic mass is 35.5. The first-order valence-corrected chi connectivity index (χ1v) is 8.43. The SMILES string of the molecule is COc1ncnc2c1nc(CCl)n2C1CCS(=O)CC1. The van der Waals surface area contributed by atoms with Crippen LogP contribution in [0.1, 0.15) is 24.7 Å². The smallest absolute Gasteiger partial charge is 0.245 e. The van der Waals surface area contributed by atoms with Crippen LogP contribution in [-0.4, -0.2) is 42.3 Å². The van der Waals surface area contributed by atoms with E-state index in [9.17, 15) is 4.21 Å². The topological polar surface area (TPSA) is 69.9 Å². The first-order valence-electron chi connectivity index (χ1n) is 6.41. The molecule has 20 heavy (non-hydrogen) atoms. The predicted molar refractivity (Wildman–Crippen MR) is 77.6 cm³/mol. The molecule has 3 heterocycles. The number of ether oxygens (including phenoxy) is 1. The minimum absolute atomic E-state index is 0.242. The summed E-state index contributed by atoms with van der Waals surface area (Å²) in [7, 11) is 0.865. The molecule has 2 aromatic heterocycles. The molecule has 1 saturated heterocycles. The standard InChI is InChI=1S/C12H15ClN4O2S/c1-19-12-10-11(14-7-15-12)17(9(6-13)16-10)8-2-4-20(18)5-3-8/h7-8H,2-6H2,1H3. The van der Waals surface area contributed by atoms with Crippen molar-refractivity contribution in [1.29, 1.82) is 0 Å². The summed E-state index contributed by atoms with van der Waals surface area (Å²) in [5.74, 6) is 2.96. The molecule has 1 fully saturated rings. The molecular formula is C12H15ClN4O2S. The quantitative estimate of drug-likeness (QED) is 0.806. The monoisotopic (exact) mass is 314 g/mol. The van der Waals surface area contributed by atoms with Crippen LogP contribution >= 0.6 is 11.6 Å². The molecule has 0 aromatic carbocycles. The molecule has 1 aliphatic rings. The minimum atomic E-state index is -0.695. The Morgan fingerprint density at radius 2 is 2.20 bits per heavy atom. The van der Waals surface area contributed by atoms with Gasteiger partial charge in [0.05, 0.1) is 13.0 Å². The Hall–Kier alpha value is -1.21. The van der Waals surface area contributed by atoms with Crippen LogP contribution in [0.5, 0.6) is 5.88 Å². The van der Waals surface area contributed by atoms with Crippen molar-refractivity contribution in [2.45, 2.75) is 24.8 Å². The van der Waals surface area contributed by atoms with Crippen molar-refractivity contribution in [3.63, 3.8) is 0 Å². The van der Waals surface area contributed by atoms with E-state index in [-0.39, 0.29) is 6.04 Å². The molecule has 0 N–H and O–H groups in total. The van der Waals surface area contributed by atoms with Crippen LogP contribution in [0.2, 0.25) is 0 Å². The first kappa shape index (κ1) is 13.8. The Balaban J connectivity index is 2.11. The molecule has 108 valence electrons. The van der Waals surface area contributed by atoms with Gasteiger partial charge in [-0.15, -0.1) is 11.6 Å². The zero-order chi connectivity index (χ0) is 14.1. The summed E-state index contributed by atoms with van der Waals surface area (Å²) < 4.78 is 18.8. The molecular weight excluding hydrogens is 300 g/mol. The largest absolute Gasteiger partial charge is 0.479 e. The van der Waals surface area contributed by atoms with Gasteiger partial charge in [0.2, 0.25) is 5.88 Å². The van der Waals surface area contributed by atoms with Gasteiger partial charge < -0.3 is 9.30 Å². The average molecular weight is 315 g/mol. The number of imidazole rings is 1. The number of alkyl halides is 1. The summed E-state index contributed by atoms with van der Waals surface area (Å²) in [5.41, 5.74) is 1.38. The molecule has 6 nitrogen and oxygen atoms in total. The lowest BCUT2D eigenvalue weighted by Gasteiger charge is -2.24. The lowest BCUT2D eigenvalue weighted by Crippen LogP contribution is -2.23. The van der Waals surface area contributed by atoms with Gasteiger partial charge in [-0.05, 0) is 12.8 Å². The van der Waals surface area contributed by atoms with Gasteiger partial charge in [0.15, 0.2) is 11.2 Å². The number of hydrogen-bond acceptors (Lipinski definition) is 5. The third-order valence-corrected chi connectivity index (χ3v) is 5.17. The van der Waals surface area contributed by atoms with Gasteiger partial charge in [-0.1, -0.05) is 0 Å². The highest BCUT2D eigenvalue weighted by molar-refractivity contribution is 7.85. The van der Waals surface area contributed by atoms with E-state index in [1.54, 1.807) is 7.11 Å². The van der Waals surface area contributed by atoms with Crippen LogP contribution in [0.15, 0.2) is 6.33 Å². The summed E-state index contributed by atoms with van der Waals surface area (Å²) in [4.78, 5) is 12.9. The fourth-order valence-electron chi connectivity index (χ4n) is 2.60. The van der Waals surface area contributed by atoms with Crippen molar-refractivity contribution >= 4 is 33.6 Å². The van der Waals surface area contributed by atoms with Gasteiger partial charge in [-0.2, -0.15) is 4.98 Å². The Morgan fingerprint density at radius 1 is 1.45 bits per heavy atom. The van der Waals surface area contributed by atoms with E-state index in [4.69, 9.17) is 16.3 Å². The maximum atomic E-state index is 11.5. The van der Waals surface area contributed by atoms with E-state index in [1.165, 1.54) is 6.33 Å². The van der Waals surface area contributed by atoms with Crippen LogP contribution < -0.4 is 4.74 Å². The van der Waals surface area contributed by atoms with Gasteiger partial charge in [0.1, 0.15) is 12.2 Å². The van der Waals surface area contributed by atoms with Gasteiger partial charge in [0, 0.05) is 28.3 Å². The maximum Gasteiger partial charge on any atom is 0.245 e. The molecule has 3 rings (SSSR count).